The maximum Gasteiger partial charge on any atom is 0.251 e. The van der Waals surface area contributed by atoms with Crippen LogP contribution in [-0.4, -0.2) is 26.2 Å². The molecule has 0 saturated carbocycles. The van der Waals surface area contributed by atoms with Gasteiger partial charge in [-0.05, 0) is 51.7 Å². The number of fused-ring (bicyclic) bond motifs is 2. The molecule has 0 spiro atoms. The lowest BCUT2D eigenvalue weighted by atomic mass is 9.94. The molecule has 6 heteroatoms. The molecule has 3 N–H and O–H groups in total. The van der Waals surface area contributed by atoms with E-state index in [9.17, 15) is 9.90 Å². The maximum atomic E-state index is 12.8. The SMILES string of the molecule is O=C(NCc1[nH]nc2ncccc12)c1ccc2c(-c3ccccc3CO)cccc2c1. The molecule has 0 aliphatic rings. The third kappa shape index (κ3) is 3.53. The van der Waals surface area contributed by atoms with Crippen molar-refractivity contribution < 1.29 is 9.90 Å². The number of pyridine rings is 1. The molecule has 3 aromatic carbocycles. The number of hydrogen-bond acceptors (Lipinski definition) is 4. The molecule has 2 aromatic heterocycles. The average molecular weight is 408 g/mol. The number of aromatic amines is 1. The molecule has 0 unspecified atom stereocenters. The second kappa shape index (κ2) is 8.01. The maximum absolute atomic E-state index is 12.8. The van der Waals surface area contributed by atoms with Crippen LogP contribution in [0, 0.1) is 0 Å². The number of H-pyrrole nitrogens is 1. The van der Waals surface area contributed by atoms with E-state index in [1.807, 2.05) is 72.8 Å². The Morgan fingerprint density at radius 2 is 1.81 bits per heavy atom. The standard InChI is InChI=1S/C25H20N4O2/c30-15-18-5-1-2-7-19(18)21-8-3-6-16-13-17(10-11-20(16)21)25(31)27-14-23-22-9-4-12-26-24(22)29-28-23/h1-13,30H,14-15H2,(H,27,31)(H,26,28,29). The van der Waals surface area contributed by atoms with Crippen molar-refractivity contribution in [3.8, 4) is 11.1 Å². The summed E-state index contributed by atoms with van der Waals surface area (Å²) in [5.41, 5.74) is 4.94. The van der Waals surface area contributed by atoms with E-state index in [0.29, 0.717) is 17.8 Å². The summed E-state index contributed by atoms with van der Waals surface area (Å²) in [4.78, 5) is 17.0. The molecule has 152 valence electrons. The quantitative estimate of drug-likeness (QED) is 0.406. The monoisotopic (exact) mass is 408 g/mol. The van der Waals surface area contributed by atoms with E-state index in [-0.39, 0.29) is 12.5 Å². The second-order valence-corrected chi connectivity index (χ2v) is 7.32. The molecule has 2 heterocycles. The number of nitrogens with one attached hydrogen (secondary N) is 2. The summed E-state index contributed by atoms with van der Waals surface area (Å²) >= 11 is 0. The van der Waals surface area contributed by atoms with Crippen LogP contribution in [0.3, 0.4) is 0 Å². The number of carbonyl (C=O) groups excluding carboxylic acids is 1. The Hall–Kier alpha value is -4.03. The molecule has 5 rings (SSSR count). The van der Waals surface area contributed by atoms with Crippen LogP contribution in [0.2, 0.25) is 0 Å². The molecule has 0 fully saturated rings. The van der Waals surface area contributed by atoms with Gasteiger partial charge in [-0.3, -0.25) is 9.89 Å². The number of aliphatic hydroxyl groups is 1. The third-order valence-electron chi connectivity index (χ3n) is 5.45. The van der Waals surface area contributed by atoms with Crippen LogP contribution < -0.4 is 5.32 Å². The van der Waals surface area contributed by atoms with Crippen LogP contribution in [-0.2, 0) is 13.2 Å². The molecular formula is C25H20N4O2. The fraction of sp³-hybridized carbons (Fsp3) is 0.0800. The average Bonchev–Trinajstić information content (AvgIpc) is 3.25. The molecule has 0 aliphatic heterocycles. The Labute approximate surface area is 178 Å². The Morgan fingerprint density at radius 1 is 0.935 bits per heavy atom. The van der Waals surface area contributed by atoms with Gasteiger partial charge in [0.05, 0.1) is 18.8 Å². The Morgan fingerprint density at radius 3 is 2.71 bits per heavy atom. The van der Waals surface area contributed by atoms with E-state index >= 15 is 0 Å². The fourth-order valence-corrected chi connectivity index (χ4v) is 3.89. The summed E-state index contributed by atoms with van der Waals surface area (Å²) in [6.45, 7) is 0.313. The van der Waals surface area contributed by atoms with Gasteiger partial charge in [0, 0.05) is 17.1 Å². The van der Waals surface area contributed by atoms with Crippen molar-refractivity contribution in [2.75, 3.05) is 0 Å². The first-order valence-corrected chi connectivity index (χ1v) is 10.0. The number of aliphatic hydroxyl groups excluding tert-OH is 1. The van der Waals surface area contributed by atoms with Crippen LogP contribution in [0.4, 0.5) is 0 Å². The van der Waals surface area contributed by atoms with Crippen molar-refractivity contribution in [1.82, 2.24) is 20.5 Å². The Balaban J connectivity index is 1.43. The van der Waals surface area contributed by atoms with Gasteiger partial charge < -0.3 is 10.4 Å². The minimum absolute atomic E-state index is 0.0230. The van der Waals surface area contributed by atoms with Gasteiger partial charge in [0.2, 0.25) is 0 Å². The highest BCUT2D eigenvalue weighted by atomic mass is 16.3. The van der Waals surface area contributed by atoms with Gasteiger partial charge in [-0.25, -0.2) is 4.98 Å². The molecule has 31 heavy (non-hydrogen) atoms. The lowest BCUT2D eigenvalue weighted by molar-refractivity contribution is 0.0950. The summed E-state index contributed by atoms with van der Waals surface area (Å²) in [7, 11) is 0. The largest absolute Gasteiger partial charge is 0.392 e. The highest BCUT2D eigenvalue weighted by molar-refractivity contribution is 6.03. The summed E-state index contributed by atoms with van der Waals surface area (Å²) in [5.74, 6) is -0.158. The highest BCUT2D eigenvalue weighted by Crippen LogP contribution is 2.31. The van der Waals surface area contributed by atoms with E-state index in [1.54, 1.807) is 6.20 Å². The number of benzene rings is 3. The van der Waals surface area contributed by atoms with Gasteiger partial charge in [-0.15, -0.1) is 0 Å². The summed E-state index contributed by atoms with van der Waals surface area (Å²) in [5, 5.41) is 22.7. The summed E-state index contributed by atoms with van der Waals surface area (Å²) in [6, 6.07) is 23.3. The van der Waals surface area contributed by atoms with Crippen molar-refractivity contribution in [3.05, 3.63) is 95.8 Å². The van der Waals surface area contributed by atoms with Crippen LogP contribution in [0.15, 0.2) is 79.0 Å². The van der Waals surface area contributed by atoms with E-state index in [1.165, 1.54) is 0 Å². The molecule has 1 amide bonds. The number of nitrogens with zero attached hydrogens (tertiary/aromatic N) is 2. The fourth-order valence-electron chi connectivity index (χ4n) is 3.89. The van der Waals surface area contributed by atoms with E-state index < -0.39 is 0 Å². The van der Waals surface area contributed by atoms with Crippen LogP contribution >= 0.6 is 0 Å². The van der Waals surface area contributed by atoms with Gasteiger partial charge in [0.1, 0.15) is 0 Å². The molecule has 0 saturated heterocycles. The van der Waals surface area contributed by atoms with E-state index in [2.05, 4.69) is 20.5 Å². The van der Waals surface area contributed by atoms with Crippen molar-refractivity contribution in [3.63, 3.8) is 0 Å². The lowest BCUT2D eigenvalue weighted by Gasteiger charge is -2.12. The van der Waals surface area contributed by atoms with Gasteiger partial charge in [0.25, 0.3) is 5.91 Å². The van der Waals surface area contributed by atoms with Gasteiger partial charge in [-0.1, -0.05) is 48.5 Å². The predicted octanol–water partition coefficient (Wildman–Crippen LogP) is 4.20. The Bertz CT molecular complexity index is 1410. The van der Waals surface area contributed by atoms with Crippen LogP contribution in [0.1, 0.15) is 21.6 Å². The number of carbonyl (C=O) groups is 1. The highest BCUT2D eigenvalue weighted by Gasteiger charge is 2.12. The normalized spacial score (nSPS) is 11.1. The predicted molar refractivity (Wildman–Crippen MR) is 120 cm³/mol. The zero-order chi connectivity index (χ0) is 21.2. The first-order valence-electron chi connectivity index (χ1n) is 10.0. The number of rotatable bonds is 5. The summed E-state index contributed by atoms with van der Waals surface area (Å²) in [6.07, 6.45) is 1.69. The van der Waals surface area contributed by atoms with Crippen molar-refractivity contribution >= 4 is 27.7 Å². The van der Waals surface area contributed by atoms with Crippen LogP contribution in [0.25, 0.3) is 32.9 Å². The molecule has 0 bridgehead atoms. The van der Waals surface area contributed by atoms with E-state index in [0.717, 1.165) is 38.5 Å². The minimum atomic E-state index is -0.158. The first kappa shape index (κ1) is 19.0. The molecular weight excluding hydrogens is 388 g/mol. The Kier molecular flexibility index (Phi) is 4.90. The molecule has 0 radical (unpaired) electrons. The number of hydrogen-bond donors (Lipinski definition) is 3. The van der Waals surface area contributed by atoms with Crippen molar-refractivity contribution in [2.45, 2.75) is 13.2 Å². The van der Waals surface area contributed by atoms with Gasteiger partial charge >= 0.3 is 0 Å². The first-order chi connectivity index (χ1) is 15.2. The smallest absolute Gasteiger partial charge is 0.251 e. The molecule has 5 aromatic rings. The number of amides is 1. The van der Waals surface area contributed by atoms with Crippen LogP contribution in [0.5, 0.6) is 0 Å². The zero-order valence-electron chi connectivity index (χ0n) is 16.7. The minimum Gasteiger partial charge on any atom is -0.392 e. The van der Waals surface area contributed by atoms with Gasteiger partial charge in [0.15, 0.2) is 5.65 Å². The third-order valence-corrected chi connectivity index (χ3v) is 5.45. The summed E-state index contributed by atoms with van der Waals surface area (Å²) < 4.78 is 0. The topological polar surface area (TPSA) is 90.9 Å². The molecule has 0 aliphatic carbocycles. The van der Waals surface area contributed by atoms with Gasteiger partial charge in [-0.2, -0.15) is 5.10 Å². The molecule has 6 nitrogen and oxygen atoms in total. The zero-order valence-corrected chi connectivity index (χ0v) is 16.7. The molecule has 0 atom stereocenters. The van der Waals surface area contributed by atoms with Crippen molar-refractivity contribution in [1.29, 1.82) is 0 Å². The van der Waals surface area contributed by atoms with Crippen molar-refractivity contribution in [2.24, 2.45) is 0 Å². The number of aromatic nitrogens is 3. The second-order valence-electron chi connectivity index (χ2n) is 7.32. The van der Waals surface area contributed by atoms with E-state index in [4.69, 9.17) is 0 Å². The lowest BCUT2D eigenvalue weighted by Crippen LogP contribution is -2.23.